The summed E-state index contributed by atoms with van der Waals surface area (Å²) in [6, 6.07) is 33.5. The zero-order chi connectivity index (χ0) is 21.6. The maximum atomic E-state index is 4.88. The van der Waals surface area contributed by atoms with Gasteiger partial charge in [-0.05, 0) is 44.5 Å². The number of aromatic nitrogens is 1. The fourth-order valence-electron chi connectivity index (χ4n) is 3.41. The van der Waals surface area contributed by atoms with Gasteiger partial charge in [0.25, 0.3) is 0 Å². The number of hydrogen-bond acceptors (Lipinski definition) is 3. The quantitative estimate of drug-likeness (QED) is 0.292. The minimum Gasteiger partial charge on any atom is -0.342 e. The third-order valence-corrected chi connectivity index (χ3v) is 7.10. The van der Waals surface area contributed by atoms with E-state index in [-0.39, 0.29) is 0 Å². The van der Waals surface area contributed by atoms with Gasteiger partial charge in [-0.3, -0.25) is 4.99 Å². The van der Waals surface area contributed by atoms with Crippen molar-refractivity contribution in [3.05, 3.63) is 114 Å². The smallest absolute Gasteiger partial charge is 0.130 e. The van der Waals surface area contributed by atoms with E-state index in [0.717, 1.165) is 22.9 Å². The summed E-state index contributed by atoms with van der Waals surface area (Å²) in [7, 11) is -0.768. The van der Waals surface area contributed by atoms with Crippen LogP contribution in [-0.2, 0) is 0 Å². The molecule has 4 heteroatoms. The van der Waals surface area contributed by atoms with E-state index >= 15 is 0 Å². The van der Waals surface area contributed by atoms with Crippen molar-refractivity contribution in [2.24, 2.45) is 4.99 Å². The van der Waals surface area contributed by atoms with Gasteiger partial charge in [0.1, 0.15) is 5.82 Å². The number of anilines is 1. The molecule has 0 amide bonds. The predicted octanol–water partition coefficient (Wildman–Crippen LogP) is 6.30. The van der Waals surface area contributed by atoms with Crippen LogP contribution in [-0.4, -0.2) is 10.7 Å². The largest absolute Gasteiger partial charge is 0.342 e. The van der Waals surface area contributed by atoms with Gasteiger partial charge in [0.15, 0.2) is 0 Å². The van der Waals surface area contributed by atoms with Gasteiger partial charge in [0.05, 0.1) is 25.2 Å². The Morgan fingerprint density at radius 1 is 0.774 bits per heavy atom. The van der Waals surface area contributed by atoms with Gasteiger partial charge in [-0.15, -0.1) is 0 Å². The molecule has 0 atom stereocenters. The summed E-state index contributed by atoms with van der Waals surface area (Å²) in [6.07, 6.45) is 0. The molecule has 31 heavy (non-hydrogen) atoms. The Morgan fingerprint density at radius 3 is 2.03 bits per heavy atom. The molecular weight excluding hydrogens is 397 g/mol. The summed E-state index contributed by atoms with van der Waals surface area (Å²) in [5.74, 6) is 0.853. The molecule has 0 radical (unpaired) electrons. The molecule has 0 unspecified atom stereocenters. The van der Waals surface area contributed by atoms with Crippen molar-refractivity contribution in [1.29, 1.82) is 0 Å². The van der Waals surface area contributed by atoms with Crippen LogP contribution >= 0.6 is 8.07 Å². The lowest BCUT2D eigenvalue weighted by molar-refractivity contribution is 1.27. The molecule has 0 fully saturated rings. The minimum atomic E-state index is -0.768. The molecule has 154 valence electrons. The number of nitrogens with one attached hydrogen (secondary N) is 1. The molecule has 1 aromatic heterocycles. The molecule has 1 heterocycles. The highest BCUT2D eigenvalue weighted by molar-refractivity contribution is 7.74. The van der Waals surface area contributed by atoms with Gasteiger partial charge in [0, 0.05) is 10.6 Å². The van der Waals surface area contributed by atoms with Crippen molar-refractivity contribution in [3.8, 4) is 0 Å². The highest BCUT2D eigenvalue weighted by atomic mass is 31.1. The fraction of sp³-hybridized carbons (Fsp3) is 0.111. The van der Waals surface area contributed by atoms with Crippen molar-refractivity contribution in [2.45, 2.75) is 20.8 Å². The normalized spacial score (nSPS) is 11.5. The Morgan fingerprint density at radius 2 is 1.42 bits per heavy atom. The number of benzene rings is 3. The molecule has 1 N–H and O–H groups in total. The number of nitrogens with zero attached hydrogens (tertiary/aromatic N) is 2. The van der Waals surface area contributed by atoms with Gasteiger partial charge in [-0.2, -0.15) is 0 Å². The van der Waals surface area contributed by atoms with Crippen LogP contribution < -0.4 is 15.7 Å². The lowest BCUT2D eigenvalue weighted by Gasteiger charge is -2.20. The van der Waals surface area contributed by atoms with Crippen LogP contribution in [0.1, 0.15) is 23.7 Å². The third-order valence-electron chi connectivity index (χ3n) is 5.02. The van der Waals surface area contributed by atoms with E-state index in [9.17, 15) is 0 Å². The standard InChI is InChI=1S/C27H26N3P/c1-20-17-18-25(21(2)19-20)28-22(3)26-15-10-16-27(29-26)30-31(23-11-6-4-7-12-23)24-13-8-5-9-14-24/h4-19H,1-3H3,(H,29,30). The van der Waals surface area contributed by atoms with Gasteiger partial charge in [-0.25, -0.2) is 4.98 Å². The third kappa shape index (κ3) is 5.25. The van der Waals surface area contributed by atoms with E-state index in [4.69, 9.17) is 9.98 Å². The summed E-state index contributed by atoms with van der Waals surface area (Å²) >= 11 is 0. The first kappa shape index (κ1) is 21.0. The molecule has 0 aliphatic carbocycles. The van der Waals surface area contributed by atoms with E-state index in [0.29, 0.717) is 0 Å². The molecule has 3 aromatic carbocycles. The molecule has 0 aliphatic heterocycles. The average Bonchev–Trinajstić information content (AvgIpc) is 2.80. The van der Waals surface area contributed by atoms with E-state index in [1.807, 2.05) is 37.3 Å². The van der Waals surface area contributed by atoms with Crippen LogP contribution in [0.15, 0.2) is 102 Å². The Kier molecular flexibility index (Phi) is 6.54. The highest BCUT2D eigenvalue weighted by Gasteiger charge is 2.15. The van der Waals surface area contributed by atoms with Gasteiger partial charge in [0.2, 0.25) is 0 Å². The zero-order valence-corrected chi connectivity index (χ0v) is 19.0. The molecule has 0 saturated heterocycles. The first-order valence-electron chi connectivity index (χ1n) is 10.4. The second kappa shape index (κ2) is 9.68. The maximum Gasteiger partial charge on any atom is 0.130 e. The second-order valence-corrected chi connectivity index (χ2v) is 9.44. The molecule has 0 spiro atoms. The van der Waals surface area contributed by atoms with E-state index in [1.165, 1.54) is 21.7 Å². The van der Waals surface area contributed by atoms with Crippen LogP contribution in [0.2, 0.25) is 0 Å². The number of hydrogen-bond donors (Lipinski definition) is 1. The van der Waals surface area contributed by atoms with Crippen molar-refractivity contribution < 1.29 is 0 Å². The number of aliphatic imine (C=N–C) groups is 1. The molecule has 3 nitrogen and oxygen atoms in total. The Hall–Kier alpha value is -3.29. The van der Waals surface area contributed by atoms with Crippen molar-refractivity contribution in [1.82, 2.24) is 4.98 Å². The second-order valence-electron chi connectivity index (χ2n) is 7.51. The van der Waals surface area contributed by atoms with E-state index in [1.54, 1.807) is 0 Å². The minimum absolute atomic E-state index is 0.768. The highest BCUT2D eigenvalue weighted by Crippen LogP contribution is 2.33. The number of pyridine rings is 1. The summed E-state index contributed by atoms with van der Waals surface area (Å²) < 4.78 is 0. The molecule has 0 aliphatic rings. The van der Waals surface area contributed by atoms with E-state index in [2.05, 4.69) is 85.7 Å². The number of rotatable bonds is 6. The number of aryl methyl sites for hydroxylation is 2. The SMILES string of the molecule is CC(=Nc1ccc(C)cc1C)c1cccc(NP(c2ccccc2)c2ccccc2)n1. The van der Waals surface area contributed by atoms with Crippen molar-refractivity contribution in [3.63, 3.8) is 0 Å². The Labute approximate surface area is 185 Å². The fourth-order valence-corrected chi connectivity index (χ4v) is 5.26. The summed E-state index contributed by atoms with van der Waals surface area (Å²) in [4.78, 5) is 9.72. The van der Waals surface area contributed by atoms with Gasteiger partial charge < -0.3 is 5.09 Å². The monoisotopic (exact) mass is 423 g/mol. The topological polar surface area (TPSA) is 37.3 Å². The lowest BCUT2D eigenvalue weighted by atomic mass is 10.1. The van der Waals surface area contributed by atoms with Crippen LogP contribution in [0.4, 0.5) is 11.5 Å². The Bertz CT molecular complexity index is 1150. The predicted molar refractivity (Wildman–Crippen MR) is 135 cm³/mol. The van der Waals surface area contributed by atoms with Gasteiger partial charge in [-0.1, -0.05) is 84.4 Å². The van der Waals surface area contributed by atoms with Crippen molar-refractivity contribution >= 4 is 35.9 Å². The van der Waals surface area contributed by atoms with Crippen LogP contribution in [0, 0.1) is 13.8 Å². The first-order chi connectivity index (χ1) is 15.1. The maximum absolute atomic E-state index is 4.88. The molecule has 0 saturated carbocycles. The Balaban J connectivity index is 1.64. The van der Waals surface area contributed by atoms with Crippen LogP contribution in [0.5, 0.6) is 0 Å². The van der Waals surface area contributed by atoms with E-state index < -0.39 is 8.07 Å². The molecule has 4 aromatic rings. The van der Waals surface area contributed by atoms with Crippen molar-refractivity contribution in [2.75, 3.05) is 5.09 Å². The first-order valence-corrected chi connectivity index (χ1v) is 11.7. The molecule has 0 bridgehead atoms. The summed E-state index contributed by atoms with van der Waals surface area (Å²) in [6.45, 7) is 6.21. The molecule has 4 rings (SSSR count). The summed E-state index contributed by atoms with van der Waals surface area (Å²) in [5.41, 5.74) is 5.18. The van der Waals surface area contributed by atoms with Crippen LogP contribution in [0.25, 0.3) is 0 Å². The van der Waals surface area contributed by atoms with Gasteiger partial charge >= 0.3 is 0 Å². The summed E-state index contributed by atoms with van der Waals surface area (Å²) in [5, 5.41) is 6.21. The van der Waals surface area contributed by atoms with Crippen LogP contribution in [0.3, 0.4) is 0 Å². The average molecular weight is 424 g/mol. The zero-order valence-electron chi connectivity index (χ0n) is 18.1. The lowest BCUT2D eigenvalue weighted by Crippen LogP contribution is -2.17. The molecular formula is C27H26N3P.